The normalized spacial score (nSPS) is 11.3. The summed E-state index contributed by atoms with van der Waals surface area (Å²) in [5, 5.41) is 8.13. The van der Waals surface area contributed by atoms with Crippen LogP contribution in [0.3, 0.4) is 0 Å². The van der Waals surface area contributed by atoms with Gasteiger partial charge in [-0.05, 0) is 0 Å². The molecule has 2 N–H and O–H groups in total. The molecule has 0 radical (unpaired) electrons. The van der Waals surface area contributed by atoms with E-state index in [0.717, 1.165) is 7.11 Å². The van der Waals surface area contributed by atoms with Crippen LogP contribution in [0.5, 0.6) is 0 Å². The molecule has 0 unspecified atom stereocenters. The van der Waals surface area contributed by atoms with E-state index >= 15 is 0 Å². The second-order valence-corrected chi connectivity index (χ2v) is 1.85. The number of esters is 1. The second-order valence-electron chi connectivity index (χ2n) is 1.36. The molecule has 0 aromatic rings. The van der Waals surface area contributed by atoms with Crippen LogP contribution < -0.4 is 5.73 Å². The minimum absolute atomic E-state index is 0.130. The first kappa shape index (κ1) is 8.85. The van der Waals surface area contributed by atoms with Crippen molar-refractivity contribution in [1.82, 2.24) is 0 Å². The maximum atomic E-state index is 10.6. The molecule has 4 nitrogen and oxygen atoms in total. The van der Waals surface area contributed by atoms with Crippen LogP contribution >= 0.6 is 12.6 Å². The van der Waals surface area contributed by atoms with Gasteiger partial charge in [-0.25, -0.2) is 4.79 Å². The van der Waals surface area contributed by atoms with E-state index in [0.29, 0.717) is 0 Å². The van der Waals surface area contributed by atoms with Gasteiger partial charge in [0.15, 0.2) is 5.57 Å². The molecule has 0 aliphatic heterocycles. The van der Waals surface area contributed by atoms with Gasteiger partial charge in [0.2, 0.25) is 0 Å². The zero-order valence-corrected chi connectivity index (χ0v) is 6.18. The molecule has 0 rings (SSSR count). The van der Waals surface area contributed by atoms with Gasteiger partial charge in [0, 0.05) is 0 Å². The predicted molar refractivity (Wildman–Crippen MR) is 37.8 cm³/mol. The molecule has 0 aliphatic rings. The summed E-state index contributed by atoms with van der Waals surface area (Å²) in [5.41, 5.74) is 4.77. The summed E-state index contributed by atoms with van der Waals surface area (Å²) < 4.78 is 4.22. The van der Waals surface area contributed by atoms with Gasteiger partial charge in [-0.15, -0.1) is 12.6 Å². The van der Waals surface area contributed by atoms with Crippen LogP contribution in [0.1, 0.15) is 0 Å². The fraction of sp³-hybridized carbons (Fsp3) is 0.200. The summed E-state index contributed by atoms with van der Waals surface area (Å²) in [6, 6.07) is 1.56. The highest BCUT2D eigenvalue weighted by molar-refractivity contribution is 7.84. The molecule has 0 bridgehead atoms. The minimum atomic E-state index is -0.769. The van der Waals surface area contributed by atoms with Crippen LogP contribution in [0.2, 0.25) is 0 Å². The summed E-state index contributed by atoms with van der Waals surface area (Å²) in [6.45, 7) is 0. The van der Waals surface area contributed by atoms with Gasteiger partial charge < -0.3 is 10.5 Å². The van der Waals surface area contributed by atoms with Crippen LogP contribution in [-0.2, 0) is 9.53 Å². The first-order valence-electron chi connectivity index (χ1n) is 2.30. The van der Waals surface area contributed by atoms with Crippen molar-refractivity contribution in [1.29, 1.82) is 5.26 Å². The molecule has 0 spiro atoms. The number of ether oxygens (including phenoxy) is 1. The first-order chi connectivity index (χ1) is 4.63. The molecule has 54 valence electrons. The lowest BCUT2D eigenvalue weighted by Crippen LogP contribution is -2.07. The van der Waals surface area contributed by atoms with Crippen LogP contribution in [-0.4, -0.2) is 13.1 Å². The van der Waals surface area contributed by atoms with E-state index in [9.17, 15) is 4.79 Å². The molecule has 0 saturated carbocycles. The number of thiol groups is 1. The molecule has 0 heterocycles. The number of hydrogen-bond acceptors (Lipinski definition) is 5. The highest BCUT2D eigenvalue weighted by Crippen LogP contribution is 2.02. The monoisotopic (exact) mass is 158 g/mol. The number of nitrogens with zero attached hydrogens (tertiary/aromatic N) is 1. The van der Waals surface area contributed by atoms with E-state index in [1.54, 1.807) is 6.07 Å². The van der Waals surface area contributed by atoms with Crippen LogP contribution in [0.4, 0.5) is 0 Å². The zero-order valence-electron chi connectivity index (χ0n) is 5.29. The van der Waals surface area contributed by atoms with Gasteiger partial charge in [-0.3, -0.25) is 0 Å². The van der Waals surface area contributed by atoms with E-state index < -0.39 is 5.97 Å². The zero-order chi connectivity index (χ0) is 8.15. The lowest BCUT2D eigenvalue weighted by molar-refractivity contribution is -0.135. The molecule has 0 fully saturated rings. The first-order valence-corrected chi connectivity index (χ1v) is 2.75. The number of hydrogen-bond donors (Lipinski definition) is 2. The fourth-order valence-electron chi connectivity index (χ4n) is 0.310. The molecule has 0 saturated heterocycles. The lowest BCUT2D eigenvalue weighted by atomic mass is 10.3. The van der Waals surface area contributed by atoms with E-state index in [4.69, 9.17) is 11.0 Å². The third kappa shape index (κ3) is 1.99. The molecular weight excluding hydrogens is 152 g/mol. The average Bonchev–Trinajstić information content (AvgIpc) is 1.88. The Kier molecular flexibility index (Phi) is 3.36. The van der Waals surface area contributed by atoms with Crippen molar-refractivity contribution in [3.05, 3.63) is 10.6 Å². The van der Waals surface area contributed by atoms with E-state index in [1.165, 1.54) is 0 Å². The van der Waals surface area contributed by atoms with Gasteiger partial charge in [0.25, 0.3) is 0 Å². The van der Waals surface area contributed by atoms with Gasteiger partial charge >= 0.3 is 5.97 Å². The Morgan fingerprint density at radius 2 is 2.30 bits per heavy atom. The highest BCUT2D eigenvalue weighted by atomic mass is 32.1. The number of methoxy groups -OCH3 is 1. The van der Waals surface area contributed by atoms with Gasteiger partial charge in [0.1, 0.15) is 6.07 Å². The van der Waals surface area contributed by atoms with Gasteiger partial charge in [-0.2, -0.15) is 5.26 Å². The van der Waals surface area contributed by atoms with Crippen LogP contribution in [0.25, 0.3) is 0 Å². The number of carbonyl (C=O) groups excluding carboxylic acids is 1. The standard InChI is InChI=1S/C5H6N2O2S/c1-9-5(8)3(2-6)4(7)10/h10H,7H2,1H3. The summed E-state index contributed by atoms with van der Waals surface area (Å²) in [4.78, 5) is 10.6. The Labute approximate surface area is 63.7 Å². The third-order valence-corrected chi connectivity index (χ3v) is 0.981. The molecular formula is C5H6N2O2S. The topological polar surface area (TPSA) is 76.1 Å². The Morgan fingerprint density at radius 3 is 2.40 bits per heavy atom. The van der Waals surface area contributed by atoms with Crippen molar-refractivity contribution < 1.29 is 9.53 Å². The molecule has 10 heavy (non-hydrogen) atoms. The van der Waals surface area contributed by atoms with Gasteiger partial charge in [-0.1, -0.05) is 0 Å². The van der Waals surface area contributed by atoms with E-state index in [-0.39, 0.29) is 10.6 Å². The third-order valence-electron chi connectivity index (χ3n) is 0.757. The summed E-state index contributed by atoms with van der Waals surface area (Å²) >= 11 is 3.60. The maximum absolute atomic E-state index is 10.6. The molecule has 0 aliphatic carbocycles. The Bertz CT molecular complexity index is 212. The van der Waals surface area contributed by atoms with Crippen molar-refractivity contribution in [2.45, 2.75) is 0 Å². The van der Waals surface area contributed by atoms with E-state index in [1.807, 2.05) is 0 Å². The summed E-state index contributed by atoms with van der Waals surface area (Å²) in [7, 11) is 1.16. The van der Waals surface area contributed by atoms with Crippen molar-refractivity contribution in [2.75, 3.05) is 7.11 Å². The molecule has 0 aromatic carbocycles. The summed E-state index contributed by atoms with van der Waals surface area (Å²) in [5.74, 6) is -0.769. The number of nitriles is 1. The largest absolute Gasteiger partial charge is 0.465 e. The molecule has 0 atom stereocenters. The average molecular weight is 158 g/mol. The number of rotatable bonds is 1. The van der Waals surface area contributed by atoms with Crippen LogP contribution in [0, 0.1) is 11.3 Å². The highest BCUT2D eigenvalue weighted by Gasteiger charge is 2.10. The predicted octanol–water partition coefficient (Wildman–Crippen LogP) is -0.217. The lowest BCUT2D eigenvalue weighted by Gasteiger charge is -1.95. The van der Waals surface area contributed by atoms with Crippen molar-refractivity contribution >= 4 is 18.6 Å². The van der Waals surface area contributed by atoms with Crippen molar-refractivity contribution in [3.63, 3.8) is 0 Å². The van der Waals surface area contributed by atoms with E-state index in [2.05, 4.69) is 17.4 Å². The maximum Gasteiger partial charge on any atom is 0.351 e. The minimum Gasteiger partial charge on any atom is -0.465 e. The quantitative estimate of drug-likeness (QED) is 0.239. The number of carbonyl (C=O) groups is 1. The Hall–Kier alpha value is -1.15. The smallest absolute Gasteiger partial charge is 0.351 e. The van der Waals surface area contributed by atoms with Gasteiger partial charge in [0.05, 0.1) is 12.1 Å². The SMILES string of the molecule is COC(=O)C(C#N)=C(N)S. The van der Waals surface area contributed by atoms with Crippen LogP contribution in [0.15, 0.2) is 10.6 Å². The molecule has 5 heteroatoms. The molecule has 0 aromatic heterocycles. The van der Waals surface area contributed by atoms with Crippen molar-refractivity contribution in [2.24, 2.45) is 5.73 Å². The summed E-state index contributed by atoms with van der Waals surface area (Å²) in [6.07, 6.45) is 0. The van der Waals surface area contributed by atoms with Crippen molar-refractivity contribution in [3.8, 4) is 6.07 Å². The Balaban J connectivity index is 4.59. The Morgan fingerprint density at radius 1 is 1.80 bits per heavy atom. The molecule has 0 amide bonds. The fourth-order valence-corrected chi connectivity index (χ4v) is 0.451. The number of nitrogens with two attached hydrogens (primary N) is 1. The second kappa shape index (κ2) is 3.80.